The van der Waals surface area contributed by atoms with Crippen molar-refractivity contribution in [2.24, 2.45) is 0 Å². The number of ketones is 1. The van der Waals surface area contributed by atoms with Crippen LogP contribution >= 0.6 is 15.9 Å². The molecule has 0 radical (unpaired) electrons. The van der Waals surface area contributed by atoms with Crippen LogP contribution in [0.25, 0.3) is 0 Å². The second kappa shape index (κ2) is 3.88. The van der Waals surface area contributed by atoms with Gasteiger partial charge in [0.25, 0.3) is 5.78 Å². The largest absolute Gasteiger partial charge is 0.454 e. The Morgan fingerprint density at radius 3 is 2.13 bits per heavy atom. The van der Waals surface area contributed by atoms with E-state index in [-0.39, 0.29) is 4.47 Å². The molecule has 15 heavy (non-hydrogen) atoms. The zero-order valence-electron chi connectivity index (χ0n) is 6.83. The molecule has 0 heterocycles. The Morgan fingerprint density at radius 1 is 1.13 bits per heavy atom. The van der Waals surface area contributed by atoms with E-state index in [1.165, 1.54) is 0 Å². The van der Waals surface area contributed by atoms with E-state index in [9.17, 15) is 26.7 Å². The van der Waals surface area contributed by atoms with Crippen molar-refractivity contribution < 1.29 is 26.7 Å². The van der Waals surface area contributed by atoms with Gasteiger partial charge in [-0.25, -0.2) is 8.78 Å². The standard InChI is InChI=1S/C8H2BrF5O/c9-4-2-1-3(5(10)6(4)11)7(15)8(12,13)14/h1-2H. The molecular weight excluding hydrogens is 287 g/mol. The number of carbonyl (C=O) groups excluding carboxylic acids is 1. The highest BCUT2D eigenvalue weighted by atomic mass is 79.9. The summed E-state index contributed by atoms with van der Waals surface area (Å²) in [6.07, 6.45) is -5.22. The van der Waals surface area contributed by atoms with Crippen LogP contribution in [0.15, 0.2) is 16.6 Å². The Kier molecular flexibility index (Phi) is 3.13. The second-order valence-electron chi connectivity index (χ2n) is 2.55. The molecule has 0 unspecified atom stereocenters. The van der Waals surface area contributed by atoms with Crippen LogP contribution in [-0.4, -0.2) is 12.0 Å². The highest BCUT2D eigenvalue weighted by Crippen LogP contribution is 2.27. The van der Waals surface area contributed by atoms with Crippen molar-refractivity contribution in [1.82, 2.24) is 0 Å². The highest BCUT2D eigenvalue weighted by Gasteiger charge is 2.41. The molecule has 0 amide bonds. The Bertz CT molecular complexity index is 412. The normalized spacial score (nSPS) is 11.6. The Balaban J connectivity index is 3.29. The second-order valence-corrected chi connectivity index (χ2v) is 3.40. The average molecular weight is 289 g/mol. The smallest absolute Gasteiger partial charge is 0.284 e. The summed E-state index contributed by atoms with van der Waals surface area (Å²) in [5, 5.41) is 0. The molecule has 0 saturated carbocycles. The van der Waals surface area contributed by atoms with E-state index in [2.05, 4.69) is 15.9 Å². The van der Waals surface area contributed by atoms with Gasteiger partial charge in [0.15, 0.2) is 11.6 Å². The molecule has 0 N–H and O–H groups in total. The van der Waals surface area contributed by atoms with Gasteiger partial charge in [-0.05, 0) is 28.1 Å². The molecule has 0 aromatic heterocycles. The first kappa shape index (κ1) is 12.1. The fourth-order valence-electron chi connectivity index (χ4n) is 0.854. The van der Waals surface area contributed by atoms with Crippen molar-refractivity contribution in [3.05, 3.63) is 33.8 Å². The SMILES string of the molecule is O=C(c1ccc(Br)c(F)c1F)C(F)(F)F. The summed E-state index contributed by atoms with van der Waals surface area (Å²) < 4.78 is 61.1. The lowest BCUT2D eigenvalue weighted by atomic mass is 10.1. The Labute approximate surface area is 89.0 Å². The molecule has 1 nitrogen and oxygen atoms in total. The van der Waals surface area contributed by atoms with Crippen LogP contribution in [0.5, 0.6) is 0 Å². The molecule has 0 bridgehead atoms. The quantitative estimate of drug-likeness (QED) is 0.439. The molecule has 0 fully saturated rings. The average Bonchev–Trinajstić information content (AvgIpc) is 2.12. The Morgan fingerprint density at radius 2 is 1.67 bits per heavy atom. The summed E-state index contributed by atoms with van der Waals surface area (Å²) in [5.74, 6) is -5.75. The van der Waals surface area contributed by atoms with Crippen molar-refractivity contribution >= 4 is 21.7 Å². The maximum Gasteiger partial charge on any atom is 0.454 e. The third kappa shape index (κ3) is 2.34. The fraction of sp³-hybridized carbons (Fsp3) is 0.125. The van der Waals surface area contributed by atoms with Gasteiger partial charge in [-0.3, -0.25) is 4.79 Å². The summed E-state index contributed by atoms with van der Waals surface area (Å²) in [5.41, 5.74) is -1.33. The topological polar surface area (TPSA) is 17.1 Å². The van der Waals surface area contributed by atoms with Gasteiger partial charge in [-0.1, -0.05) is 0 Å². The van der Waals surface area contributed by atoms with Crippen molar-refractivity contribution in [3.63, 3.8) is 0 Å². The number of hydrogen-bond donors (Lipinski definition) is 0. The molecule has 0 atom stereocenters. The lowest BCUT2D eigenvalue weighted by molar-refractivity contribution is -0.0887. The molecular formula is C8H2BrF5O. The van der Waals surface area contributed by atoms with E-state index in [1.54, 1.807) is 0 Å². The van der Waals surface area contributed by atoms with E-state index in [0.717, 1.165) is 6.07 Å². The van der Waals surface area contributed by atoms with Gasteiger partial charge in [-0.15, -0.1) is 0 Å². The molecule has 0 aliphatic rings. The minimum atomic E-state index is -5.22. The number of alkyl halides is 3. The van der Waals surface area contributed by atoms with Crippen LogP contribution in [0.2, 0.25) is 0 Å². The number of Topliss-reactive ketones (excluding diaryl/α,β-unsaturated/α-hetero) is 1. The summed E-state index contributed by atoms with van der Waals surface area (Å²) >= 11 is 2.57. The van der Waals surface area contributed by atoms with Crippen LogP contribution in [0.3, 0.4) is 0 Å². The van der Waals surface area contributed by atoms with Crippen LogP contribution in [-0.2, 0) is 0 Å². The number of rotatable bonds is 1. The van der Waals surface area contributed by atoms with Crippen LogP contribution in [0.4, 0.5) is 22.0 Å². The molecule has 0 saturated heterocycles. The van der Waals surface area contributed by atoms with Crippen molar-refractivity contribution in [3.8, 4) is 0 Å². The first-order valence-corrected chi connectivity index (χ1v) is 4.29. The number of hydrogen-bond acceptors (Lipinski definition) is 1. The highest BCUT2D eigenvalue weighted by molar-refractivity contribution is 9.10. The molecule has 1 rings (SSSR count). The minimum Gasteiger partial charge on any atom is -0.284 e. The summed E-state index contributed by atoms with van der Waals surface area (Å²) in [4.78, 5) is 10.6. The van der Waals surface area contributed by atoms with Gasteiger partial charge in [0, 0.05) is 0 Å². The van der Waals surface area contributed by atoms with E-state index in [0.29, 0.717) is 6.07 Å². The maximum atomic E-state index is 12.9. The third-order valence-corrected chi connectivity index (χ3v) is 2.15. The van der Waals surface area contributed by atoms with Crippen molar-refractivity contribution in [2.75, 3.05) is 0 Å². The number of carbonyl (C=O) groups is 1. The van der Waals surface area contributed by atoms with Gasteiger partial charge >= 0.3 is 6.18 Å². The molecule has 1 aromatic rings. The third-order valence-electron chi connectivity index (χ3n) is 1.54. The molecule has 0 aliphatic heterocycles. The van der Waals surface area contributed by atoms with Gasteiger partial charge in [0.2, 0.25) is 0 Å². The molecule has 7 heteroatoms. The first-order chi connectivity index (χ1) is 6.75. The summed E-state index contributed by atoms with van der Waals surface area (Å²) in [7, 11) is 0. The van der Waals surface area contributed by atoms with Crippen LogP contribution in [0.1, 0.15) is 10.4 Å². The van der Waals surface area contributed by atoms with Gasteiger partial charge in [0.05, 0.1) is 10.0 Å². The number of halogens is 6. The fourth-order valence-corrected chi connectivity index (χ4v) is 1.16. The summed E-state index contributed by atoms with van der Waals surface area (Å²) in [6.45, 7) is 0. The van der Waals surface area contributed by atoms with E-state index >= 15 is 0 Å². The zero-order valence-corrected chi connectivity index (χ0v) is 8.42. The lowest BCUT2D eigenvalue weighted by Crippen LogP contribution is -2.24. The Hall–Kier alpha value is -0.980. The van der Waals surface area contributed by atoms with E-state index < -0.39 is 29.2 Å². The molecule has 82 valence electrons. The maximum absolute atomic E-state index is 12.9. The molecule has 0 spiro atoms. The van der Waals surface area contributed by atoms with E-state index in [1.807, 2.05) is 0 Å². The van der Waals surface area contributed by atoms with Crippen molar-refractivity contribution in [2.45, 2.75) is 6.18 Å². The van der Waals surface area contributed by atoms with Gasteiger partial charge < -0.3 is 0 Å². The lowest BCUT2D eigenvalue weighted by Gasteiger charge is -2.06. The number of benzene rings is 1. The van der Waals surface area contributed by atoms with Gasteiger partial charge in [0.1, 0.15) is 0 Å². The predicted molar refractivity (Wildman–Crippen MR) is 44.4 cm³/mol. The molecule has 0 aliphatic carbocycles. The van der Waals surface area contributed by atoms with E-state index in [4.69, 9.17) is 0 Å². The van der Waals surface area contributed by atoms with Gasteiger partial charge in [-0.2, -0.15) is 13.2 Å². The predicted octanol–water partition coefficient (Wildman–Crippen LogP) is 3.47. The monoisotopic (exact) mass is 288 g/mol. The zero-order chi connectivity index (χ0) is 11.8. The van der Waals surface area contributed by atoms with Crippen molar-refractivity contribution in [1.29, 1.82) is 0 Å². The summed E-state index contributed by atoms with van der Waals surface area (Å²) in [6, 6.07) is 1.40. The van der Waals surface area contributed by atoms with Crippen LogP contribution in [0, 0.1) is 11.6 Å². The van der Waals surface area contributed by atoms with Crippen LogP contribution < -0.4 is 0 Å². The minimum absolute atomic E-state index is 0.348. The first-order valence-electron chi connectivity index (χ1n) is 3.50. The molecule has 1 aromatic carbocycles.